The molecule has 1 fully saturated rings. The molecule has 1 atom stereocenters. The zero-order valence-corrected chi connectivity index (χ0v) is 11.4. The summed E-state index contributed by atoms with van der Waals surface area (Å²) < 4.78 is 5.34. The maximum Gasteiger partial charge on any atom is 0.162 e. The third-order valence-corrected chi connectivity index (χ3v) is 4.38. The standard InChI is InChI=1S/C14H16N2O2S/c17-9-12-4-1-2-6-16(12)8-11-10-19-14(15-11)13-5-3-7-18-13/h3,5,7,9-10,12H,1-2,4,6,8H2. The van der Waals surface area contributed by atoms with Crippen molar-refractivity contribution < 1.29 is 9.21 Å². The van der Waals surface area contributed by atoms with Crippen LogP contribution < -0.4 is 0 Å². The molecule has 1 saturated heterocycles. The third-order valence-electron chi connectivity index (χ3n) is 3.47. The Morgan fingerprint density at radius 1 is 1.53 bits per heavy atom. The van der Waals surface area contributed by atoms with Gasteiger partial charge in [-0.1, -0.05) is 6.42 Å². The quantitative estimate of drug-likeness (QED) is 0.805. The molecule has 3 rings (SSSR count). The molecule has 3 heterocycles. The normalized spacial score (nSPS) is 20.5. The van der Waals surface area contributed by atoms with Gasteiger partial charge in [0.15, 0.2) is 10.8 Å². The summed E-state index contributed by atoms with van der Waals surface area (Å²) in [5, 5.41) is 2.95. The molecule has 5 heteroatoms. The lowest BCUT2D eigenvalue weighted by Crippen LogP contribution is -2.39. The monoisotopic (exact) mass is 276 g/mol. The van der Waals surface area contributed by atoms with Gasteiger partial charge in [0.05, 0.1) is 18.0 Å². The van der Waals surface area contributed by atoms with E-state index in [1.54, 1.807) is 17.6 Å². The number of rotatable bonds is 4. The van der Waals surface area contributed by atoms with Crippen LogP contribution in [0.4, 0.5) is 0 Å². The van der Waals surface area contributed by atoms with E-state index in [1.165, 1.54) is 6.42 Å². The van der Waals surface area contributed by atoms with Crippen LogP contribution in [-0.2, 0) is 11.3 Å². The van der Waals surface area contributed by atoms with E-state index in [1.807, 2.05) is 17.5 Å². The molecule has 4 nitrogen and oxygen atoms in total. The fourth-order valence-corrected chi connectivity index (χ4v) is 3.25. The second-order valence-electron chi connectivity index (χ2n) is 4.79. The molecule has 1 aliphatic heterocycles. The zero-order chi connectivity index (χ0) is 13.1. The van der Waals surface area contributed by atoms with E-state index < -0.39 is 0 Å². The lowest BCUT2D eigenvalue weighted by Gasteiger charge is -2.31. The predicted molar refractivity (Wildman–Crippen MR) is 73.9 cm³/mol. The minimum atomic E-state index is 0.0579. The molecule has 0 spiro atoms. The van der Waals surface area contributed by atoms with E-state index in [9.17, 15) is 4.79 Å². The van der Waals surface area contributed by atoms with Gasteiger partial charge >= 0.3 is 0 Å². The van der Waals surface area contributed by atoms with E-state index in [4.69, 9.17) is 4.42 Å². The van der Waals surface area contributed by atoms with Crippen molar-refractivity contribution in [1.82, 2.24) is 9.88 Å². The van der Waals surface area contributed by atoms with Crippen molar-refractivity contribution in [3.8, 4) is 10.8 Å². The Labute approximate surface area is 116 Å². The Balaban J connectivity index is 1.71. The number of nitrogens with zero attached hydrogens (tertiary/aromatic N) is 2. The van der Waals surface area contributed by atoms with Gasteiger partial charge in [0.25, 0.3) is 0 Å². The maximum atomic E-state index is 11.1. The van der Waals surface area contributed by atoms with Gasteiger partial charge in [-0.3, -0.25) is 4.90 Å². The molecule has 0 saturated carbocycles. The van der Waals surface area contributed by atoms with Gasteiger partial charge < -0.3 is 9.21 Å². The van der Waals surface area contributed by atoms with Crippen LogP contribution in [0.25, 0.3) is 10.8 Å². The van der Waals surface area contributed by atoms with Crippen molar-refractivity contribution in [1.29, 1.82) is 0 Å². The number of aldehydes is 1. The smallest absolute Gasteiger partial charge is 0.162 e. The first-order chi connectivity index (χ1) is 9.36. The molecule has 2 aromatic heterocycles. The maximum absolute atomic E-state index is 11.1. The number of thiazole rings is 1. The van der Waals surface area contributed by atoms with Crippen molar-refractivity contribution in [2.24, 2.45) is 0 Å². The van der Waals surface area contributed by atoms with E-state index in [2.05, 4.69) is 9.88 Å². The lowest BCUT2D eigenvalue weighted by molar-refractivity contribution is -0.113. The molecule has 0 radical (unpaired) electrons. The summed E-state index contributed by atoms with van der Waals surface area (Å²) in [5.74, 6) is 0.807. The highest BCUT2D eigenvalue weighted by molar-refractivity contribution is 7.13. The minimum Gasteiger partial charge on any atom is -0.462 e. The average molecular weight is 276 g/mol. The lowest BCUT2D eigenvalue weighted by atomic mass is 10.0. The van der Waals surface area contributed by atoms with E-state index >= 15 is 0 Å². The van der Waals surface area contributed by atoms with Crippen LogP contribution in [0.1, 0.15) is 25.0 Å². The number of carbonyl (C=O) groups is 1. The molecule has 0 amide bonds. The summed E-state index contributed by atoms with van der Waals surface area (Å²) in [6.45, 7) is 1.73. The summed E-state index contributed by atoms with van der Waals surface area (Å²) >= 11 is 1.58. The predicted octanol–water partition coefficient (Wildman–Crippen LogP) is 2.96. The number of likely N-dealkylation sites (tertiary alicyclic amines) is 1. The van der Waals surface area contributed by atoms with Crippen molar-refractivity contribution in [3.63, 3.8) is 0 Å². The Bertz CT molecular complexity index is 535. The Kier molecular flexibility index (Phi) is 3.75. The summed E-state index contributed by atoms with van der Waals surface area (Å²) in [7, 11) is 0. The Morgan fingerprint density at radius 2 is 2.47 bits per heavy atom. The number of piperidine rings is 1. The fraction of sp³-hybridized carbons (Fsp3) is 0.429. The third kappa shape index (κ3) is 2.77. The molecule has 1 unspecified atom stereocenters. The number of aromatic nitrogens is 1. The summed E-state index contributed by atoms with van der Waals surface area (Å²) in [6.07, 6.45) is 6.01. The average Bonchev–Trinajstić information content (AvgIpc) is 3.09. The van der Waals surface area contributed by atoms with Crippen LogP contribution in [-0.4, -0.2) is 28.8 Å². The van der Waals surface area contributed by atoms with Crippen LogP contribution >= 0.6 is 11.3 Å². The van der Waals surface area contributed by atoms with Crippen molar-refractivity contribution in [2.45, 2.75) is 31.8 Å². The number of furan rings is 1. The van der Waals surface area contributed by atoms with Gasteiger partial charge in [0.2, 0.25) is 0 Å². The van der Waals surface area contributed by atoms with E-state index in [-0.39, 0.29) is 6.04 Å². The Morgan fingerprint density at radius 3 is 3.26 bits per heavy atom. The highest BCUT2D eigenvalue weighted by Crippen LogP contribution is 2.25. The van der Waals surface area contributed by atoms with Crippen molar-refractivity contribution in [2.75, 3.05) is 6.54 Å². The minimum absolute atomic E-state index is 0.0579. The first-order valence-electron chi connectivity index (χ1n) is 6.54. The number of hydrogen-bond donors (Lipinski definition) is 0. The van der Waals surface area contributed by atoms with Crippen LogP contribution in [0, 0.1) is 0 Å². The van der Waals surface area contributed by atoms with Gasteiger partial charge in [-0.05, 0) is 31.5 Å². The molecular formula is C14H16N2O2S. The molecule has 2 aromatic rings. The topological polar surface area (TPSA) is 46.3 Å². The number of hydrogen-bond acceptors (Lipinski definition) is 5. The summed E-state index contributed by atoms with van der Waals surface area (Å²) in [4.78, 5) is 17.9. The molecule has 0 aliphatic carbocycles. The van der Waals surface area contributed by atoms with Crippen LogP contribution in [0.3, 0.4) is 0 Å². The van der Waals surface area contributed by atoms with E-state index in [0.29, 0.717) is 0 Å². The summed E-state index contributed by atoms with van der Waals surface area (Å²) in [6, 6.07) is 3.84. The van der Waals surface area contributed by atoms with Crippen LogP contribution in [0.15, 0.2) is 28.2 Å². The van der Waals surface area contributed by atoms with Crippen molar-refractivity contribution in [3.05, 3.63) is 29.5 Å². The molecule has 0 N–H and O–H groups in total. The summed E-state index contributed by atoms with van der Waals surface area (Å²) in [5.41, 5.74) is 1.02. The molecule has 0 bridgehead atoms. The highest BCUT2D eigenvalue weighted by Gasteiger charge is 2.22. The Hall–Kier alpha value is -1.46. The molecule has 0 aromatic carbocycles. The first kappa shape index (κ1) is 12.6. The first-order valence-corrected chi connectivity index (χ1v) is 7.42. The van der Waals surface area contributed by atoms with Gasteiger partial charge in [-0.25, -0.2) is 4.98 Å². The van der Waals surface area contributed by atoms with E-state index in [0.717, 1.165) is 48.7 Å². The molecule has 100 valence electrons. The molecule has 19 heavy (non-hydrogen) atoms. The van der Waals surface area contributed by atoms with Crippen molar-refractivity contribution >= 4 is 17.6 Å². The van der Waals surface area contributed by atoms with Gasteiger partial charge in [0.1, 0.15) is 6.29 Å². The highest BCUT2D eigenvalue weighted by atomic mass is 32.1. The number of carbonyl (C=O) groups excluding carboxylic acids is 1. The molecule has 1 aliphatic rings. The largest absolute Gasteiger partial charge is 0.462 e. The zero-order valence-electron chi connectivity index (χ0n) is 10.6. The molecular weight excluding hydrogens is 260 g/mol. The SMILES string of the molecule is O=CC1CCCCN1Cc1csc(-c2ccco2)n1. The van der Waals surface area contributed by atoms with Gasteiger partial charge in [-0.2, -0.15) is 0 Å². The van der Waals surface area contributed by atoms with Gasteiger partial charge in [-0.15, -0.1) is 11.3 Å². The van der Waals surface area contributed by atoms with Crippen LogP contribution in [0.5, 0.6) is 0 Å². The van der Waals surface area contributed by atoms with Crippen LogP contribution in [0.2, 0.25) is 0 Å². The second-order valence-corrected chi connectivity index (χ2v) is 5.65. The second kappa shape index (κ2) is 5.67. The fourth-order valence-electron chi connectivity index (χ4n) is 2.47. The van der Waals surface area contributed by atoms with Gasteiger partial charge in [0, 0.05) is 11.9 Å².